The Balaban J connectivity index is 2.24. The van der Waals surface area contributed by atoms with E-state index in [0.29, 0.717) is 5.69 Å². The van der Waals surface area contributed by atoms with E-state index < -0.39 is 4.92 Å². The molecule has 1 aliphatic rings. The van der Waals surface area contributed by atoms with Crippen LogP contribution in [0.1, 0.15) is 12.8 Å². The largest absolute Gasteiger partial charge is 0.398 e. The normalized spacial score (nSPS) is 19.8. The zero-order valence-electron chi connectivity index (χ0n) is 10.1. The lowest BCUT2D eigenvalue weighted by atomic mass is 9.98. The van der Waals surface area contributed by atoms with Crippen molar-refractivity contribution in [3.05, 3.63) is 28.3 Å². The first-order chi connectivity index (χ1) is 8.60. The van der Waals surface area contributed by atoms with Crippen molar-refractivity contribution in [2.45, 2.75) is 12.8 Å². The van der Waals surface area contributed by atoms with Crippen LogP contribution in [0.2, 0.25) is 0 Å². The molecule has 1 saturated heterocycles. The summed E-state index contributed by atoms with van der Waals surface area (Å²) < 4.78 is 0. The molecule has 0 aromatic heterocycles. The molecular weight excluding hydrogens is 234 g/mol. The van der Waals surface area contributed by atoms with Gasteiger partial charge in [-0.15, -0.1) is 0 Å². The summed E-state index contributed by atoms with van der Waals surface area (Å²) in [5.74, 6) is 0.235. The van der Waals surface area contributed by atoms with Crippen molar-refractivity contribution in [1.82, 2.24) is 0 Å². The van der Waals surface area contributed by atoms with Crippen LogP contribution in [0.25, 0.3) is 0 Å². The average molecular weight is 251 g/mol. The summed E-state index contributed by atoms with van der Waals surface area (Å²) in [5, 5.41) is 20.0. The number of nitrogen functional groups attached to an aromatic ring is 1. The molecule has 6 nitrogen and oxygen atoms in total. The van der Waals surface area contributed by atoms with E-state index in [2.05, 4.69) is 0 Å². The summed E-state index contributed by atoms with van der Waals surface area (Å²) in [4.78, 5) is 12.4. The van der Waals surface area contributed by atoms with Gasteiger partial charge in [-0.1, -0.05) is 0 Å². The summed E-state index contributed by atoms with van der Waals surface area (Å²) >= 11 is 0. The number of benzene rings is 1. The van der Waals surface area contributed by atoms with Crippen LogP contribution in [-0.2, 0) is 0 Å². The number of hydrogen-bond acceptors (Lipinski definition) is 5. The predicted molar refractivity (Wildman–Crippen MR) is 69.5 cm³/mol. The number of nitro benzene ring substituents is 1. The van der Waals surface area contributed by atoms with E-state index >= 15 is 0 Å². The predicted octanol–water partition coefficient (Wildman–Crippen LogP) is 1.39. The molecule has 0 spiro atoms. The van der Waals surface area contributed by atoms with Crippen LogP contribution in [0.5, 0.6) is 0 Å². The van der Waals surface area contributed by atoms with Gasteiger partial charge in [0.1, 0.15) is 0 Å². The van der Waals surface area contributed by atoms with Crippen LogP contribution < -0.4 is 10.6 Å². The Labute approximate surface area is 105 Å². The van der Waals surface area contributed by atoms with E-state index in [0.717, 1.165) is 31.6 Å². The topological polar surface area (TPSA) is 92.6 Å². The van der Waals surface area contributed by atoms with Crippen molar-refractivity contribution in [3.8, 4) is 0 Å². The maximum Gasteiger partial charge on any atom is 0.273 e. The molecule has 3 N–H and O–H groups in total. The van der Waals surface area contributed by atoms with E-state index in [1.807, 2.05) is 4.90 Å². The van der Waals surface area contributed by atoms with E-state index in [1.54, 1.807) is 6.07 Å². The number of rotatable bonds is 3. The number of nitrogens with zero attached hydrogens (tertiary/aromatic N) is 2. The molecule has 18 heavy (non-hydrogen) atoms. The number of hydrogen-bond donors (Lipinski definition) is 2. The average Bonchev–Trinajstić information content (AvgIpc) is 2.38. The van der Waals surface area contributed by atoms with Gasteiger partial charge in [-0.05, 0) is 24.8 Å². The minimum atomic E-state index is -0.437. The molecule has 98 valence electrons. The Morgan fingerprint density at radius 2 is 2.28 bits per heavy atom. The molecule has 1 aromatic carbocycles. The highest BCUT2D eigenvalue weighted by Gasteiger charge is 2.21. The molecule has 1 unspecified atom stereocenters. The molecule has 0 radical (unpaired) electrons. The maximum atomic E-state index is 10.8. The van der Waals surface area contributed by atoms with E-state index in [1.165, 1.54) is 12.1 Å². The van der Waals surface area contributed by atoms with Crippen molar-refractivity contribution < 1.29 is 10.0 Å². The van der Waals surface area contributed by atoms with Crippen LogP contribution in [0.15, 0.2) is 18.2 Å². The van der Waals surface area contributed by atoms with Gasteiger partial charge < -0.3 is 15.7 Å². The zero-order valence-corrected chi connectivity index (χ0v) is 10.1. The lowest BCUT2D eigenvalue weighted by molar-refractivity contribution is -0.384. The van der Waals surface area contributed by atoms with Crippen LogP contribution in [0.3, 0.4) is 0 Å². The molecule has 0 bridgehead atoms. The van der Waals surface area contributed by atoms with Crippen LogP contribution in [0.4, 0.5) is 17.1 Å². The number of aliphatic hydroxyl groups excluding tert-OH is 1. The number of anilines is 2. The highest BCUT2D eigenvalue weighted by molar-refractivity contribution is 5.62. The van der Waals surface area contributed by atoms with Crippen LogP contribution in [0, 0.1) is 16.0 Å². The van der Waals surface area contributed by atoms with Gasteiger partial charge in [0.15, 0.2) is 0 Å². The summed E-state index contributed by atoms with van der Waals surface area (Å²) in [6.07, 6.45) is 1.98. The van der Waals surface area contributed by atoms with Gasteiger partial charge in [0.25, 0.3) is 5.69 Å². The number of aliphatic hydroxyl groups is 1. The minimum absolute atomic E-state index is 0.0103. The highest BCUT2D eigenvalue weighted by Crippen LogP contribution is 2.28. The zero-order chi connectivity index (χ0) is 13.1. The van der Waals surface area contributed by atoms with Gasteiger partial charge in [-0.2, -0.15) is 0 Å². The highest BCUT2D eigenvalue weighted by atomic mass is 16.6. The summed E-state index contributed by atoms with van der Waals surface area (Å²) in [5.41, 5.74) is 6.86. The third-order valence-corrected chi connectivity index (χ3v) is 3.28. The standard InChI is InChI=1S/C12H17N3O3/c13-10-4-11(6-12(5-10)15(17)18)14-3-1-2-9(7-14)8-16/h4-6,9,16H,1-3,7-8,13H2. The van der Waals surface area contributed by atoms with Crippen molar-refractivity contribution in [2.24, 2.45) is 5.92 Å². The molecule has 1 heterocycles. The fourth-order valence-electron chi connectivity index (χ4n) is 2.35. The third kappa shape index (κ3) is 2.70. The second-order valence-electron chi connectivity index (χ2n) is 4.68. The van der Waals surface area contributed by atoms with Crippen LogP contribution in [-0.4, -0.2) is 29.7 Å². The first-order valence-corrected chi connectivity index (χ1v) is 6.01. The van der Waals surface area contributed by atoms with Crippen molar-refractivity contribution >= 4 is 17.1 Å². The molecule has 0 amide bonds. The Bertz CT molecular complexity index is 450. The molecule has 1 fully saturated rings. The second kappa shape index (κ2) is 5.22. The monoisotopic (exact) mass is 251 g/mol. The molecule has 0 saturated carbocycles. The number of nitrogens with two attached hydrogens (primary N) is 1. The quantitative estimate of drug-likeness (QED) is 0.481. The Hall–Kier alpha value is -1.82. The van der Waals surface area contributed by atoms with E-state index in [9.17, 15) is 15.2 Å². The fourth-order valence-corrected chi connectivity index (χ4v) is 2.35. The van der Waals surface area contributed by atoms with Crippen molar-refractivity contribution in [3.63, 3.8) is 0 Å². The van der Waals surface area contributed by atoms with Gasteiger partial charge >= 0.3 is 0 Å². The first-order valence-electron chi connectivity index (χ1n) is 6.01. The maximum absolute atomic E-state index is 10.8. The Kier molecular flexibility index (Phi) is 3.66. The SMILES string of the molecule is Nc1cc(N2CCCC(CO)C2)cc([N+](=O)[O-])c1. The van der Waals surface area contributed by atoms with Gasteiger partial charge in [-0.3, -0.25) is 10.1 Å². The van der Waals surface area contributed by atoms with Crippen molar-refractivity contribution in [1.29, 1.82) is 0 Å². The number of non-ortho nitro benzene ring substituents is 1. The third-order valence-electron chi connectivity index (χ3n) is 3.28. The molecule has 2 rings (SSSR count). The van der Waals surface area contributed by atoms with Gasteiger partial charge in [0.05, 0.1) is 4.92 Å². The fraction of sp³-hybridized carbons (Fsp3) is 0.500. The molecule has 1 aromatic rings. The summed E-state index contributed by atoms with van der Waals surface area (Å²) in [7, 11) is 0. The van der Waals surface area contributed by atoms with Crippen LogP contribution >= 0.6 is 0 Å². The minimum Gasteiger partial charge on any atom is -0.398 e. The van der Waals surface area contributed by atoms with Crippen molar-refractivity contribution in [2.75, 3.05) is 30.3 Å². The smallest absolute Gasteiger partial charge is 0.273 e. The molecule has 1 aliphatic heterocycles. The molecule has 6 heteroatoms. The summed E-state index contributed by atoms with van der Waals surface area (Å²) in [6.45, 7) is 1.72. The van der Waals surface area contributed by atoms with Gasteiger partial charge in [0, 0.05) is 43.2 Å². The molecule has 0 aliphatic carbocycles. The molecular formula is C12H17N3O3. The molecule has 1 atom stereocenters. The first kappa shape index (κ1) is 12.6. The summed E-state index contributed by atoms with van der Waals surface area (Å²) in [6, 6.07) is 4.64. The van der Waals surface area contributed by atoms with E-state index in [4.69, 9.17) is 5.73 Å². The number of nitro groups is 1. The van der Waals surface area contributed by atoms with E-state index in [-0.39, 0.29) is 18.2 Å². The Morgan fingerprint density at radius 1 is 1.50 bits per heavy atom. The van der Waals surface area contributed by atoms with Gasteiger partial charge in [-0.25, -0.2) is 0 Å². The van der Waals surface area contributed by atoms with Gasteiger partial charge in [0.2, 0.25) is 0 Å². The lowest BCUT2D eigenvalue weighted by Gasteiger charge is -2.33. The Morgan fingerprint density at radius 3 is 2.94 bits per heavy atom. The lowest BCUT2D eigenvalue weighted by Crippen LogP contribution is -2.36. The second-order valence-corrected chi connectivity index (χ2v) is 4.68. The number of piperidine rings is 1.